The van der Waals surface area contributed by atoms with Gasteiger partial charge >= 0.3 is 0 Å². The number of piperidine rings is 1. The van der Waals surface area contributed by atoms with E-state index in [-0.39, 0.29) is 14.6 Å². The van der Waals surface area contributed by atoms with Crippen LogP contribution in [0.15, 0.2) is 0 Å². The van der Waals surface area contributed by atoms with Crippen LogP contribution < -0.4 is 11.1 Å². The molecule has 0 unspecified atom stereocenters. The zero-order valence-electron chi connectivity index (χ0n) is 9.89. The van der Waals surface area contributed by atoms with Crippen LogP contribution in [-0.4, -0.2) is 24.4 Å². The van der Waals surface area contributed by atoms with Crippen molar-refractivity contribution in [3.05, 3.63) is 0 Å². The van der Waals surface area contributed by atoms with Gasteiger partial charge in [-0.2, -0.15) is 0 Å². The lowest BCUT2D eigenvalue weighted by atomic mass is 9.81. The second-order valence-electron chi connectivity index (χ2n) is 3.93. The van der Waals surface area contributed by atoms with Gasteiger partial charge in [0, 0.05) is 8.77 Å². The Bertz CT molecular complexity index is 181. The minimum absolute atomic E-state index is 0. The van der Waals surface area contributed by atoms with E-state index in [1.807, 2.05) is 27.7 Å². The van der Waals surface area contributed by atoms with E-state index in [0.717, 1.165) is 25.9 Å². The number of hydrogen-bond donors (Lipinski definition) is 2. The topological polar surface area (TPSA) is 55.1 Å². The Morgan fingerprint density at radius 3 is 2.14 bits per heavy atom. The summed E-state index contributed by atoms with van der Waals surface area (Å²) in [6.07, 6.45) is 1.56. The maximum absolute atomic E-state index is 11.7. The Morgan fingerprint density at radius 1 is 1.36 bits per heavy atom. The Morgan fingerprint density at radius 2 is 1.79 bits per heavy atom. The standard InChI is InChI=1S/C9H18N2O.C2H6.2H2/c1-7(2)8(12)9(10)3-5-11-6-4-9;1-2;;/h7,11H,3-6,10H2,1-2H3;1-2H3;2*1H. The molecule has 1 rings (SSSR count). The van der Waals surface area contributed by atoms with Crippen LogP contribution in [0.5, 0.6) is 0 Å². The van der Waals surface area contributed by atoms with Crippen molar-refractivity contribution in [2.75, 3.05) is 13.1 Å². The number of nitrogens with one attached hydrogen (secondary N) is 1. The number of rotatable bonds is 2. The van der Waals surface area contributed by atoms with Gasteiger partial charge in [0.05, 0.1) is 5.54 Å². The van der Waals surface area contributed by atoms with Crippen molar-refractivity contribution in [1.82, 2.24) is 5.32 Å². The molecule has 0 aromatic rings. The predicted molar refractivity (Wildman–Crippen MR) is 64.4 cm³/mol. The second-order valence-corrected chi connectivity index (χ2v) is 3.93. The van der Waals surface area contributed by atoms with Gasteiger partial charge in [0.2, 0.25) is 0 Å². The Labute approximate surface area is 90.4 Å². The Balaban J connectivity index is -0.000000399. The van der Waals surface area contributed by atoms with Crippen LogP contribution in [0.1, 0.15) is 43.4 Å². The number of ketones is 1. The van der Waals surface area contributed by atoms with Crippen LogP contribution in [-0.2, 0) is 4.79 Å². The number of hydrogen-bond acceptors (Lipinski definition) is 3. The van der Waals surface area contributed by atoms with E-state index in [1.54, 1.807) is 0 Å². The maximum Gasteiger partial charge on any atom is 0.155 e. The molecule has 3 N–H and O–H groups in total. The first-order valence-electron chi connectivity index (χ1n) is 5.60. The summed E-state index contributed by atoms with van der Waals surface area (Å²) in [6.45, 7) is 9.57. The summed E-state index contributed by atoms with van der Waals surface area (Å²) in [4.78, 5) is 11.7. The first kappa shape index (κ1) is 13.6. The highest BCUT2D eigenvalue weighted by Gasteiger charge is 2.35. The zero-order chi connectivity index (χ0) is 11.2. The first-order chi connectivity index (χ1) is 6.56. The lowest BCUT2D eigenvalue weighted by Crippen LogP contribution is -2.56. The molecule has 0 aromatic heterocycles. The average molecular weight is 204 g/mol. The molecule has 3 heteroatoms. The lowest BCUT2D eigenvalue weighted by molar-refractivity contribution is -0.128. The fourth-order valence-electron chi connectivity index (χ4n) is 1.69. The third kappa shape index (κ3) is 3.39. The highest BCUT2D eigenvalue weighted by molar-refractivity contribution is 5.89. The van der Waals surface area contributed by atoms with E-state index >= 15 is 0 Å². The summed E-state index contributed by atoms with van der Waals surface area (Å²) in [5, 5.41) is 3.20. The van der Waals surface area contributed by atoms with E-state index in [2.05, 4.69) is 5.32 Å². The molecule has 0 saturated carbocycles. The maximum atomic E-state index is 11.7. The summed E-state index contributed by atoms with van der Waals surface area (Å²) >= 11 is 0. The normalized spacial score (nSPS) is 19.9. The van der Waals surface area contributed by atoms with Gasteiger partial charge in [-0.25, -0.2) is 0 Å². The molecule has 1 fully saturated rings. The molecule has 1 saturated heterocycles. The quantitative estimate of drug-likeness (QED) is 0.721. The van der Waals surface area contributed by atoms with Gasteiger partial charge < -0.3 is 11.1 Å². The third-order valence-corrected chi connectivity index (χ3v) is 2.51. The summed E-state index contributed by atoms with van der Waals surface area (Å²) in [5.74, 6) is 0.275. The number of carbonyl (C=O) groups is 1. The lowest BCUT2D eigenvalue weighted by Gasteiger charge is -2.33. The summed E-state index contributed by atoms with van der Waals surface area (Å²) in [5.41, 5.74) is 5.47. The summed E-state index contributed by atoms with van der Waals surface area (Å²) < 4.78 is 0. The summed E-state index contributed by atoms with van der Waals surface area (Å²) in [7, 11) is 0. The average Bonchev–Trinajstić information content (AvgIpc) is 2.21. The molecule has 3 nitrogen and oxygen atoms in total. The van der Waals surface area contributed by atoms with Gasteiger partial charge in [-0.1, -0.05) is 27.7 Å². The van der Waals surface area contributed by atoms with Crippen LogP contribution in [0.3, 0.4) is 0 Å². The molecule has 14 heavy (non-hydrogen) atoms. The highest BCUT2D eigenvalue weighted by atomic mass is 16.1. The highest BCUT2D eigenvalue weighted by Crippen LogP contribution is 2.19. The van der Waals surface area contributed by atoms with Crippen molar-refractivity contribution in [2.24, 2.45) is 11.7 Å². The predicted octanol–water partition coefficient (Wildman–Crippen LogP) is 1.81. The van der Waals surface area contributed by atoms with Gasteiger partial charge in [0.25, 0.3) is 0 Å². The van der Waals surface area contributed by atoms with Gasteiger partial charge in [-0.15, -0.1) is 0 Å². The van der Waals surface area contributed by atoms with Gasteiger partial charge in [-0.3, -0.25) is 4.79 Å². The number of Topliss-reactive ketones (excluding diaryl/α,β-unsaturated/α-hetero) is 1. The van der Waals surface area contributed by atoms with Crippen LogP contribution >= 0.6 is 0 Å². The van der Waals surface area contributed by atoms with E-state index in [4.69, 9.17) is 5.73 Å². The van der Waals surface area contributed by atoms with Crippen molar-refractivity contribution >= 4 is 5.78 Å². The Kier molecular flexibility index (Phi) is 5.96. The zero-order valence-corrected chi connectivity index (χ0v) is 9.89. The monoisotopic (exact) mass is 204 g/mol. The van der Waals surface area contributed by atoms with Crippen LogP contribution in [0.4, 0.5) is 0 Å². The van der Waals surface area contributed by atoms with Crippen LogP contribution in [0, 0.1) is 5.92 Å². The van der Waals surface area contributed by atoms with Crippen molar-refractivity contribution < 1.29 is 7.65 Å². The molecule has 0 radical (unpaired) electrons. The van der Waals surface area contributed by atoms with Crippen molar-refractivity contribution in [1.29, 1.82) is 0 Å². The second kappa shape index (κ2) is 6.14. The van der Waals surface area contributed by atoms with Crippen molar-refractivity contribution in [3.63, 3.8) is 0 Å². The van der Waals surface area contributed by atoms with E-state index < -0.39 is 5.54 Å². The molecule has 1 aliphatic heterocycles. The van der Waals surface area contributed by atoms with Gasteiger partial charge in [0.15, 0.2) is 5.78 Å². The molecule has 0 atom stereocenters. The Hall–Kier alpha value is -0.410. The van der Waals surface area contributed by atoms with Crippen LogP contribution in [0.25, 0.3) is 0 Å². The fraction of sp³-hybridized carbons (Fsp3) is 0.909. The molecule has 1 heterocycles. The van der Waals surface area contributed by atoms with Gasteiger partial charge in [-0.05, 0) is 25.9 Å². The van der Waals surface area contributed by atoms with Crippen LogP contribution in [0.2, 0.25) is 0 Å². The van der Waals surface area contributed by atoms with E-state index in [1.165, 1.54) is 0 Å². The molecule has 0 aromatic carbocycles. The molecular formula is C11H28N2O. The largest absolute Gasteiger partial charge is 0.319 e. The third-order valence-electron chi connectivity index (χ3n) is 2.51. The fourth-order valence-corrected chi connectivity index (χ4v) is 1.69. The molecule has 0 bridgehead atoms. The smallest absolute Gasteiger partial charge is 0.155 e. The minimum atomic E-state index is -0.542. The molecule has 0 spiro atoms. The molecular weight excluding hydrogens is 176 g/mol. The molecule has 88 valence electrons. The number of carbonyl (C=O) groups excluding carboxylic acids is 1. The van der Waals surface area contributed by atoms with Gasteiger partial charge in [0.1, 0.15) is 0 Å². The minimum Gasteiger partial charge on any atom is -0.319 e. The molecule has 0 amide bonds. The van der Waals surface area contributed by atoms with E-state index in [0.29, 0.717) is 0 Å². The van der Waals surface area contributed by atoms with Crippen molar-refractivity contribution in [2.45, 2.75) is 46.1 Å². The van der Waals surface area contributed by atoms with E-state index in [9.17, 15) is 4.79 Å². The number of nitrogens with two attached hydrogens (primary N) is 1. The molecule has 0 aliphatic carbocycles. The SMILES string of the molecule is CC.CC(C)C(=O)C1(N)CCNCC1.[HH].[HH]. The molecule has 1 aliphatic rings. The first-order valence-corrected chi connectivity index (χ1v) is 5.60. The van der Waals surface area contributed by atoms with Crippen molar-refractivity contribution in [3.8, 4) is 0 Å². The summed E-state index contributed by atoms with van der Waals surface area (Å²) in [6, 6.07) is 0.